The van der Waals surface area contributed by atoms with Crippen LogP contribution in [0.4, 0.5) is 0 Å². The lowest BCUT2D eigenvalue weighted by Gasteiger charge is -2.07. The van der Waals surface area contributed by atoms with Crippen LogP contribution in [0, 0.1) is 0 Å². The quantitative estimate of drug-likeness (QED) is 0.740. The van der Waals surface area contributed by atoms with Gasteiger partial charge >= 0.3 is 0 Å². The molecule has 0 aromatic heterocycles. The van der Waals surface area contributed by atoms with E-state index in [-0.39, 0.29) is 11.8 Å². The Kier molecular flexibility index (Phi) is 7.09. The number of hydrogen-bond acceptors (Lipinski definition) is 2. The number of carbonyl (C=O) groups is 2. The highest BCUT2D eigenvalue weighted by Gasteiger charge is 2.07. The van der Waals surface area contributed by atoms with E-state index in [1.165, 1.54) is 0 Å². The molecule has 6 heteroatoms. The fourth-order valence-electron chi connectivity index (χ4n) is 2.15. The first-order valence-corrected chi connectivity index (χ1v) is 8.61. The molecule has 0 saturated heterocycles. The minimum absolute atomic E-state index is 0.145. The lowest BCUT2D eigenvalue weighted by atomic mass is 10.0. The second-order valence-corrected chi connectivity index (χ2v) is 5.80. The molecule has 0 radical (unpaired) electrons. The number of nitrogens with one attached hydrogen (secondary N) is 2. The molecule has 0 aliphatic heterocycles. The van der Waals surface area contributed by atoms with E-state index < -0.39 is 0 Å². The first kappa shape index (κ1) is 18.3. The molecule has 4 nitrogen and oxygen atoms in total. The van der Waals surface area contributed by atoms with Crippen LogP contribution < -0.4 is 10.6 Å². The molecule has 2 aromatic carbocycles. The van der Waals surface area contributed by atoms with E-state index in [4.69, 9.17) is 23.2 Å². The molecule has 2 rings (SSSR count). The number of alkyl halides is 2. The van der Waals surface area contributed by atoms with Gasteiger partial charge < -0.3 is 10.6 Å². The molecule has 126 valence electrons. The van der Waals surface area contributed by atoms with Crippen LogP contribution in [0.15, 0.2) is 48.5 Å². The topological polar surface area (TPSA) is 58.2 Å². The molecule has 0 unspecified atom stereocenters. The van der Waals surface area contributed by atoms with Crippen molar-refractivity contribution in [2.45, 2.75) is 0 Å². The van der Waals surface area contributed by atoms with Crippen LogP contribution >= 0.6 is 23.2 Å². The van der Waals surface area contributed by atoms with Crippen LogP contribution in [0.25, 0.3) is 11.1 Å². The van der Waals surface area contributed by atoms with E-state index in [0.717, 1.165) is 11.1 Å². The van der Waals surface area contributed by atoms with Crippen molar-refractivity contribution in [3.63, 3.8) is 0 Å². The van der Waals surface area contributed by atoms with Crippen LogP contribution in [-0.2, 0) is 0 Å². The number of rotatable bonds is 7. The van der Waals surface area contributed by atoms with Crippen LogP contribution in [0.1, 0.15) is 20.7 Å². The van der Waals surface area contributed by atoms with Gasteiger partial charge in [0.15, 0.2) is 0 Å². The third-order valence-corrected chi connectivity index (χ3v) is 3.77. The van der Waals surface area contributed by atoms with Gasteiger partial charge in [-0.25, -0.2) is 0 Å². The standard InChI is InChI=1S/C18H18Cl2N2O2/c19-9-11-21-17(23)15-5-1-13(2-6-15)14-3-7-16(8-4-14)18(24)22-12-10-20/h1-8H,9-12H2,(H,21,23)(H,22,24). The zero-order chi connectivity index (χ0) is 17.4. The summed E-state index contributed by atoms with van der Waals surface area (Å²) in [4.78, 5) is 23.7. The second-order valence-electron chi connectivity index (χ2n) is 5.04. The van der Waals surface area contributed by atoms with E-state index in [1.807, 2.05) is 24.3 Å². The van der Waals surface area contributed by atoms with Crippen LogP contribution in [0.5, 0.6) is 0 Å². The van der Waals surface area contributed by atoms with E-state index in [2.05, 4.69) is 10.6 Å². The fraction of sp³-hybridized carbons (Fsp3) is 0.222. The number of hydrogen-bond donors (Lipinski definition) is 2. The maximum atomic E-state index is 11.8. The van der Waals surface area contributed by atoms with Gasteiger partial charge in [0, 0.05) is 36.0 Å². The summed E-state index contributed by atoms with van der Waals surface area (Å²) in [5, 5.41) is 5.44. The van der Waals surface area contributed by atoms with E-state index in [9.17, 15) is 9.59 Å². The van der Waals surface area contributed by atoms with Crippen molar-refractivity contribution in [1.29, 1.82) is 0 Å². The molecule has 2 N–H and O–H groups in total. The lowest BCUT2D eigenvalue weighted by Crippen LogP contribution is -2.25. The lowest BCUT2D eigenvalue weighted by molar-refractivity contribution is 0.0948. The predicted molar refractivity (Wildman–Crippen MR) is 98.0 cm³/mol. The van der Waals surface area contributed by atoms with Gasteiger partial charge in [-0.15, -0.1) is 23.2 Å². The fourth-order valence-corrected chi connectivity index (χ4v) is 2.34. The Morgan fingerprint density at radius 2 is 1.00 bits per heavy atom. The summed E-state index contributed by atoms with van der Waals surface area (Å²) in [7, 11) is 0. The molecular weight excluding hydrogens is 347 g/mol. The molecule has 24 heavy (non-hydrogen) atoms. The second kappa shape index (κ2) is 9.30. The van der Waals surface area contributed by atoms with Crippen molar-refractivity contribution >= 4 is 35.0 Å². The van der Waals surface area contributed by atoms with E-state index in [1.54, 1.807) is 24.3 Å². The number of carbonyl (C=O) groups excluding carboxylic acids is 2. The molecule has 0 atom stereocenters. The van der Waals surface area contributed by atoms with Crippen molar-refractivity contribution < 1.29 is 9.59 Å². The summed E-state index contributed by atoms with van der Waals surface area (Å²) < 4.78 is 0. The molecule has 0 saturated carbocycles. The Morgan fingerprint density at radius 3 is 1.29 bits per heavy atom. The van der Waals surface area contributed by atoms with Crippen molar-refractivity contribution in [3.05, 3.63) is 59.7 Å². The van der Waals surface area contributed by atoms with Crippen LogP contribution in [0.2, 0.25) is 0 Å². The van der Waals surface area contributed by atoms with E-state index >= 15 is 0 Å². The molecule has 0 spiro atoms. The highest BCUT2D eigenvalue weighted by atomic mass is 35.5. The number of amides is 2. The Balaban J connectivity index is 2.06. The Labute approximate surface area is 151 Å². The molecule has 2 aromatic rings. The summed E-state index contributed by atoms with van der Waals surface area (Å²) >= 11 is 11.1. The monoisotopic (exact) mass is 364 g/mol. The van der Waals surface area contributed by atoms with Gasteiger partial charge in [0.25, 0.3) is 11.8 Å². The van der Waals surface area contributed by atoms with Gasteiger partial charge in [0.05, 0.1) is 0 Å². The highest BCUT2D eigenvalue weighted by Crippen LogP contribution is 2.20. The molecule has 0 aliphatic carbocycles. The number of benzene rings is 2. The minimum atomic E-state index is -0.145. The minimum Gasteiger partial charge on any atom is -0.351 e. The van der Waals surface area contributed by atoms with Crippen molar-refractivity contribution in [2.24, 2.45) is 0 Å². The maximum absolute atomic E-state index is 11.8. The van der Waals surface area contributed by atoms with Crippen molar-refractivity contribution in [2.75, 3.05) is 24.8 Å². The largest absolute Gasteiger partial charge is 0.351 e. The maximum Gasteiger partial charge on any atom is 0.251 e. The third-order valence-electron chi connectivity index (χ3n) is 3.39. The molecule has 0 fully saturated rings. The average molecular weight is 365 g/mol. The summed E-state index contributed by atoms with van der Waals surface area (Å²) in [6.45, 7) is 0.880. The summed E-state index contributed by atoms with van der Waals surface area (Å²) in [6, 6.07) is 14.5. The van der Waals surface area contributed by atoms with Gasteiger partial charge in [0.1, 0.15) is 0 Å². The summed E-state index contributed by atoms with van der Waals surface area (Å²) in [6.07, 6.45) is 0. The van der Waals surface area contributed by atoms with Crippen LogP contribution in [-0.4, -0.2) is 36.7 Å². The Hall–Kier alpha value is -2.04. The predicted octanol–water partition coefficient (Wildman–Crippen LogP) is 3.29. The first-order chi connectivity index (χ1) is 11.7. The Bertz CT molecular complexity index is 624. The highest BCUT2D eigenvalue weighted by molar-refractivity contribution is 6.18. The molecular formula is C18H18Cl2N2O2. The van der Waals surface area contributed by atoms with Gasteiger partial charge in [-0.05, 0) is 35.4 Å². The normalized spacial score (nSPS) is 10.2. The average Bonchev–Trinajstić information content (AvgIpc) is 2.64. The SMILES string of the molecule is O=C(NCCCl)c1ccc(-c2ccc(C(=O)NCCCl)cc2)cc1. The molecule has 2 amide bonds. The Morgan fingerprint density at radius 1 is 0.667 bits per heavy atom. The molecule has 0 heterocycles. The van der Waals surface area contributed by atoms with E-state index in [0.29, 0.717) is 36.0 Å². The molecule has 0 aliphatic rings. The molecule has 0 bridgehead atoms. The van der Waals surface area contributed by atoms with Crippen molar-refractivity contribution in [3.8, 4) is 11.1 Å². The van der Waals surface area contributed by atoms with Crippen molar-refractivity contribution in [1.82, 2.24) is 10.6 Å². The number of halogens is 2. The van der Waals surface area contributed by atoms with Gasteiger partial charge in [-0.1, -0.05) is 24.3 Å². The smallest absolute Gasteiger partial charge is 0.251 e. The zero-order valence-electron chi connectivity index (χ0n) is 13.0. The first-order valence-electron chi connectivity index (χ1n) is 7.54. The van der Waals surface area contributed by atoms with Gasteiger partial charge in [0.2, 0.25) is 0 Å². The van der Waals surface area contributed by atoms with Crippen LogP contribution in [0.3, 0.4) is 0 Å². The summed E-state index contributed by atoms with van der Waals surface area (Å²) in [5.74, 6) is 0.477. The summed E-state index contributed by atoms with van der Waals surface area (Å²) in [5.41, 5.74) is 3.11. The van der Waals surface area contributed by atoms with Gasteiger partial charge in [-0.3, -0.25) is 9.59 Å². The van der Waals surface area contributed by atoms with Gasteiger partial charge in [-0.2, -0.15) is 0 Å². The zero-order valence-corrected chi connectivity index (χ0v) is 14.5. The third kappa shape index (κ3) is 4.98.